The molecule has 0 aliphatic carbocycles. The second kappa shape index (κ2) is 5.92. The Morgan fingerprint density at radius 1 is 1.33 bits per heavy atom. The van der Waals surface area contributed by atoms with Gasteiger partial charge in [0, 0.05) is 38.2 Å². The first-order valence-corrected chi connectivity index (χ1v) is 8.61. The van der Waals surface area contributed by atoms with Gasteiger partial charge in [0.1, 0.15) is 0 Å². The molecular weight excluding hydrogens is 304 g/mol. The zero-order valence-corrected chi connectivity index (χ0v) is 13.9. The maximum atomic E-state index is 12.9. The van der Waals surface area contributed by atoms with E-state index in [0.29, 0.717) is 24.4 Å². The number of benzene rings is 1. The highest BCUT2D eigenvalue weighted by atomic mass is 16.2. The lowest BCUT2D eigenvalue weighted by atomic mass is 9.88. The number of hydrogen-bond acceptors (Lipinski definition) is 3. The molecule has 6 heteroatoms. The van der Waals surface area contributed by atoms with Gasteiger partial charge in [-0.15, -0.1) is 0 Å². The fraction of sp³-hybridized carbons (Fsp3) is 0.500. The summed E-state index contributed by atoms with van der Waals surface area (Å²) < 4.78 is 0. The summed E-state index contributed by atoms with van der Waals surface area (Å²) in [7, 11) is 1.91. The molecule has 0 spiro atoms. The fourth-order valence-electron chi connectivity index (χ4n) is 4.13. The Morgan fingerprint density at radius 3 is 3.08 bits per heavy atom. The van der Waals surface area contributed by atoms with E-state index in [9.17, 15) is 9.59 Å². The molecule has 24 heavy (non-hydrogen) atoms. The third-order valence-corrected chi connectivity index (χ3v) is 5.50. The van der Waals surface area contributed by atoms with Crippen LogP contribution in [0.4, 0.5) is 0 Å². The maximum Gasteiger partial charge on any atom is 0.253 e. The van der Waals surface area contributed by atoms with E-state index >= 15 is 0 Å². The Hall–Kier alpha value is -2.37. The molecule has 1 aromatic carbocycles. The van der Waals surface area contributed by atoms with E-state index < -0.39 is 0 Å². The third-order valence-electron chi connectivity index (χ3n) is 5.50. The third kappa shape index (κ3) is 2.56. The first-order chi connectivity index (χ1) is 11.6. The van der Waals surface area contributed by atoms with Crippen LogP contribution >= 0.6 is 0 Å². The highest BCUT2D eigenvalue weighted by Crippen LogP contribution is 2.30. The van der Waals surface area contributed by atoms with Gasteiger partial charge in [-0.3, -0.25) is 9.59 Å². The molecule has 2 aliphatic rings. The van der Waals surface area contributed by atoms with E-state index in [1.54, 1.807) is 6.33 Å². The molecule has 0 bridgehead atoms. The van der Waals surface area contributed by atoms with Gasteiger partial charge < -0.3 is 14.8 Å². The van der Waals surface area contributed by atoms with Gasteiger partial charge in [0.25, 0.3) is 5.91 Å². The van der Waals surface area contributed by atoms with Crippen molar-refractivity contribution in [2.45, 2.75) is 31.7 Å². The molecule has 6 nitrogen and oxygen atoms in total. The number of carbonyl (C=O) groups is 2. The van der Waals surface area contributed by atoms with Crippen LogP contribution in [-0.4, -0.2) is 57.8 Å². The molecule has 2 aliphatic heterocycles. The first kappa shape index (κ1) is 15.2. The number of nitrogens with one attached hydrogen (secondary N) is 1. The van der Waals surface area contributed by atoms with Crippen molar-refractivity contribution in [1.29, 1.82) is 0 Å². The molecule has 2 fully saturated rings. The van der Waals surface area contributed by atoms with Gasteiger partial charge in [-0.2, -0.15) is 0 Å². The number of hydrogen-bond donors (Lipinski definition) is 1. The largest absolute Gasteiger partial charge is 0.345 e. The van der Waals surface area contributed by atoms with Crippen LogP contribution in [0.5, 0.6) is 0 Å². The molecular formula is C18H22N4O2. The lowest BCUT2D eigenvalue weighted by Gasteiger charge is -2.41. The fourth-order valence-corrected chi connectivity index (χ4v) is 4.13. The van der Waals surface area contributed by atoms with E-state index in [2.05, 4.69) is 9.97 Å². The zero-order valence-electron chi connectivity index (χ0n) is 13.9. The molecule has 3 heterocycles. The van der Waals surface area contributed by atoms with E-state index in [0.717, 1.165) is 36.8 Å². The normalized spacial score (nSPS) is 24.8. The number of imidazole rings is 1. The van der Waals surface area contributed by atoms with Gasteiger partial charge in [-0.05, 0) is 43.4 Å². The molecule has 1 aromatic heterocycles. The Kier molecular flexibility index (Phi) is 3.75. The van der Waals surface area contributed by atoms with Crippen molar-refractivity contribution in [3.63, 3.8) is 0 Å². The number of amides is 2. The van der Waals surface area contributed by atoms with Crippen molar-refractivity contribution in [1.82, 2.24) is 19.8 Å². The summed E-state index contributed by atoms with van der Waals surface area (Å²) >= 11 is 0. The number of fused-ring (bicyclic) bond motifs is 2. The van der Waals surface area contributed by atoms with Crippen molar-refractivity contribution in [3.8, 4) is 0 Å². The number of carbonyl (C=O) groups excluding carboxylic acids is 2. The molecule has 4 rings (SSSR count). The van der Waals surface area contributed by atoms with E-state index in [-0.39, 0.29) is 17.9 Å². The predicted molar refractivity (Wildman–Crippen MR) is 90.5 cm³/mol. The average Bonchev–Trinajstić information content (AvgIpc) is 3.02. The summed E-state index contributed by atoms with van der Waals surface area (Å²) in [5.41, 5.74) is 2.45. The van der Waals surface area contributed by atoms with Crippen LogP contribution in [0.1, 0.15) is 36.0 Å². The molecule has 2 aromatic rings. The summed E-state index contributed by atoms with van der Waals surface area (Å²) in [6.07, 6.45) is 5.08. The van der Waals surface area contributed by atoms with Gasteiger partial charge in [0.15, 0.2) is 0 Å². The van der Waals surface area contributed by atoms with E-state index in [4.69, 9.17) is 0 Å². The monoisotopic (exact) mass is 326 g/mol. The van der Waals surface area contributed by atoms with E-state index in [1.807, 2.05) is 35.0 Å². The minimum atomic E-state index is 0.0724. The van der Waals surface area contributed by atoms with Crippen molar-refractivity contribution in [2.75, 3.05) is 20.1 Å². The molecule has 2 saturated heterocycles. The quantitative estimate of drug-likeness (QED) is 0.872. The lowest BCUT2D eigenvalue weighted by Crippen LogP contribution is -2.51. The van der Waals surface area contributed by atoms with Crippen LogP contribution in [0.25, 0.3) is 11.0 Å². The average molecular weight is 326 g/mol. The molecule has 0 unspecified atom stereocenters. The predicted octanol–water partition coefficient (Wildman–Crippen LogP) is 2.04. The van der Waals surface area contributed by atoms with Crippen molar-refractivity contribution in [2.24, 2.45) is 5.92 Å². The lowest BCUT2D eigenvalue weighted by molar-refractivity contribution is -0.132. The smallest absolute Gasteiger partial charge is 0.253 e. The van der Waals surface area contributed by atoms with Crippen LogP contribution in [0.2, 0.25) is 0 Å². The van der Waals surface area contributed by atoms with Crippen molar-refractivity contribution >= 4 is 22.8 Å². The van der Waals surface area contributed by atoms with Gasteiger partial charge in [0.05, 0.1) is 17.4 Å². The molecule has 0 saturated carbocycles. The summed E-state index contributed by atoms with van der Waals surface area (Å²) in [5.74, 6) is 0.699. The second-order valence-corrected chi connectivity index (χ2v) is 6.90. The van der Waals surface area contributed by atoms with Gasteiger partial charge in [0.2, 0.25) is 5.91 Å². The number of H-pyrrole nitrogens is 1. The molecule has 1 N–H and O–H groups in total. The Balaban J connectivity index is 1.53. The summed E-state index contributed by atoms with van der Waals surface area (Å²) in [6.45, 7) is 1.45. The molecule has 0 radical (unpaired) electrons. The Bertz CT molecular complexity index is 784. The number of piperidine rings is 1. The van der Waals surface area contributed by atoms with Crippen LogP contribution in [-0.2, 0) is 4.79 Å². The van der Waals surface area contributed by atoms with Crippen LogP contribution in [0.3, 0.4) is 0 Å². The highest BCUT2D eigenvalue weighted by Gasteiger charge is 2.37. The standard InChI is InChI=1S/C18H22N4O2/c1-21-16-7-8-22(10-13(16)3-2-4-17(21)23)18(24)12-5-6-14-15(9-12)20-11-19-14/h5-6,9,11,13,16H,2-4,7-8,10H2,1H3,(H,19,20)/t13-,16+/m0/s1. The Labute approximate surface area is 140 Å². The first-order valence-electron chi connectivity index (χ1n) is 8.61. The van der Waals surface area contributed by atoms with Crippen molar-refractivity contribution in [3.05, 3.63) is 30.1 Å². The molecule has 126 valence electrons. The summed E-state index contributed by atoms with van der Waals surface area (Å²) in [6, 6.07) is 5.88. The topological polar surface area (TPSA) is 69.3 Å². The molecule has 2 atom stereocenters. The van der Waals surface area contributed by atoms with Gasteiger partial charge in [-0.25, -0.2) is 4.98 Å². The van der Waals surface area contributed by atoms with Crippen LogP contribution in [0.15, 0.2) is 24.5 Å². The summed E-state index contributed by atoms with van der Waals surface area (Å²) in [5, 5.41) is 0. The molecule has 2 amide bonds. The number of nitrogens with zero attached hydrogens (tertiary/aromatic N) is 3. The number of likely N-dealkylation sites (tertiary alicyclic amines) is 2. The number of aromatic nitrogens is 2. The SMILES string of the molecule is CN1C(=O)CCC[C@H]2CN(C(=O)c3ccc4nc[nH]c4c3)CC[C@H]21. The number of rotatable bonds is 1. The van der Waals surface area contributed by atoms with Gasteiger partial charge in [-0.1, -0.05) is 0 Å². The zero-order chi connectivity index (χ0) is 16.7. The Morgan fingerprint density at radius 2 is 2.21 bits per heavy atom. The number of aromatic amines is 1. The second-order valence-electron chi connectivity index (χ2n) is 6.90. The minimum absolute atomic E-state index is 0.0724. The van der Waals surface area contributed by atoms with Crippen LogP contribution in [0, 0.1) is 5.92 Å². The van der Waals surface area contributed by atoms with Crippen LogP contribution < -0.4 is 0 Å². The van der Waals surface area contributed by atoms with E-state index in [1.165, 1.54) is 0 Å². The van der Waals surface area contributed by atoms with Crippen molar-refractivity contribution < 1.29 is 9.59 Å². The maximum absolute atomic E-state index is 12.9. The summed E-state index contributed by atoms with van der Waals surface area (Å²) in [4.78, 5) is 36.0. The minimum Gasteiger partial charge on any atom is -0.345 e. The van der Waals surface area contributed by atoms with Gasteiger partial charge >= 0.3 is 0 Å². The highest BCUT2D eigenvalue weighted by molar-refractivity contribution is 5.97.